The van der Waals surface area contributed by atoms with E-state index >= 15 is 0 Å². The van der Waals surface area contributed by atoms with Gasteiger partial charge in [-0.25, -0.2) is 8.42 Å². The van der Waals surface area contributed by atoms with Crippen molar-refractivity contribution in [2.75, 3.05) is 16.2 Å². The van der Waals surface area contributed by atoms with Crippen molar-refractivity contribution in [1.82, 2.24) is 5.16 Å². The Morgan fingerprint density at radius 1 is 1.25 bits per heavy atom. The Bertz CT molecular complexity index is 1150. The van der Waals surface area contributed by atoms with Crippen molar-refractivity contribution in [3.8, 4) is 0 Å². The molecule has 1 aliphatic heterocycles. The number of hydrogen-bond acceptors (Lipinski definition) is 6. The smallest absolute Gasteiger partial charge is 0.267 e. The Kier molecular flexibility index (Phi) is 4.72. The number of nitrogens with zero attached hydrogens (tertiary/aromatic N) is 2. The standard InChI is InChI=1S/C19H19N3O4S2/c1-12-5-6-16-14(8-12)4-3-7-22(16)28(24,25)15-10-17(27-11-15)19(23)20-18-9-13(2)26-21-18/h5-6,8-11H,3-4,7H2,1-2H3,(H,20,21,23). The van der Waals surface area contributed by atoms with Gasteiger partial charge in [-0.05, 0) is 44.4 Å². The van der Waals surface area contributed by atoms with Crippen molar-refractivity contribution in [3.05, 3.63) is 57.5 Å². The molecule has 0 saturated heterocycles. The Morgan fingerprint density at radius 3 is 2.82 bits per heavy atom. The highest BCUT2D eigenvalue weighted by Crippen LogP contribution is 2.34. The lowest BCUT2D eigenvalue weighted by Crippen LogP contribution is -2.35. The molecule has 0 unspecified atom stereocenters. The van der Waals surface area contributed by atoms with Gasteiger partial charge in [-0.3, -0.25) is 9.10 Å². The molecule has 1 N–H and O–H groups in total. The number of carbonyl (C=O) groups is 1. The maximum atomic E-state index is 13.2. The van der Waals surface area contributed by atoms with Gasteiger partial charge in [0.15, 0.2) is 5.82 Å². The van der Waals surface area contributed by atoms with Crippen molar-refractivity contribution < 1.29 is 17.7 Å². The summed E-state index contributed by atoms with van der Waals surface area (Å²) in [5, 5.41) is 7.82. The highest BCUT2D eigenvalue weighted by Gasteiger charge is 2.30. The Morgan fingerprint density at radius 2 is 2.07 bits per heavy atom. The molecule has 0 saturated carbocycles. The van der Waals surface area contributed by atoms with E-state index < -0.39 is 15.9 Å². The molecule has 146 valence electrons. The Balaban J connectivity index is 1.60. The summed E-state index contributed by atoms with van der Waals surface area (Å²) in [6.45, 7) is 4.14. The largest absolute Gasteiger partial charge is 0.360 e. The zero-order valence-electron chi connectivity index (χ0n) is 15.4. The van der Waals surface area contributed by atoms with Crippen LogP contribution in [0.4, 0.5) is 11.5 Å². The molecule has 0 radical (unpaired) electrons. The van der Waals surface area contributed by atoms with E-state index in [-0.39, 0.29) is 4.90 Å². The van der Waals surface area contributed by atoms with E-state index in [2.05, 4.69) is 10.5 Å². The first-order valence-corrected chi connectivity index (χ1v) is 11.1. The molecule has 0 atom stereocenters. The molecule has 0 aliphatic carbocycles. The summed E-state index contributed by atoms with van der Waals surface area (Å²) in [6.07, 6.45) is 1.62. The SMILES string of the molecule is Cc1ccc2c(c1)CCCN2S(=O)(=O)c1csc(C(=O)Nc2cc(C)on2)c1. The van der Waals surface area contributed by atoms with E-state index in [9.17, 15) is 13.2 Å². The van der Waals surface area contributed by atoms with Crippen molar-refractivity contribution in [2.45, 2.75) is 31.6 Å². The lowest BCUT2D eigenvalue weighted by Gasteiger charge is -2.30. The molecule has 2 aromatic heterocycles. The second kappa shape index (κ2) is 7.06. The van der Waals surface area contributed by atoms with Gasteiger partial charge in [0.05, 0.1) is 15.5 Å². The van der Waals surface area contributed by atoms with E-state index in [1.807, 2.05) is 25.1 Å². The minimum atomic E-state index is -3.74. The predicted octanol–water partition coefficient (Wildman–Crippen LogP) is 3.75. The first-order chi connectivity index (χ1) is 13.3. The molecule has 3 heterocycles. The Hall–Kier alpha value is -2.65. The number of thiophene rings is 1. The molecule has 1 aromatic carbocycles. The lowest BCUT2D eigenvalue weighted by atomic mass is 10.0. The van der Waals surface area contributed by atoms with E-state index in [4.69, 9.17) is 4.52 Å². The van der Waals surface area contributed by atoms with Gasteiger partial charge in [0.2, 0.25) is 0 Å². The first-order valence-electron chi connectivity index (χ1n) is 8.80. The summed E-state index contributed by atoms with van der Waals surface area (Å²) in [6, 6.07) is 8.80. The summed E-state index contributed by atoms with van der Waals surface area (Å²) in [4.78, 5) is 12.8. The van der Waals surface area contributed by atoms with Crippen LogP contribution in [0.25, 0.3) is 0 Å². The average Bonchev–Trinajstić information content (AvgIpc) is 3.30. The van der Waals surface area contributed by atoms with E-state index in [0.717, 1.165) is 35.3 Å². The molecule has 0 bridgehead atoms. The normalized spacial score (nSPS) is 14.0. The molecule has 0 spiro atoms. The number of nitrogens with one attached hydrogen (secondary N) is 1. The van der Waals surface area contributed by atoms with Gasteiger partial charge in [0, 0.05) is 18.0 Å². The van der Waals surface area contributed by atoms with Crippen LogP contribution in [0.2, 0.25) is 0 Å². The van der Waals surface area contributed by atoms with Crippen LogP contribution in [0.15, 0.2) is 45.1 Å². The number of benzene rings is 1. The van der Waals surface area contributed by atoms with E-state index in [0.29, 0.717) is 28.7 Å². The summed E-state index contributed by atoms with van der Waals surface area (Å²) < 4.78 is 32.8. The van der Waals surface area contributed by atoms with Crippen LogP contribution in [-0.4, -0.2) is 26.0 Å². The first kappa shape index (κ1) is 18.7. The van der Waals surface area contributed by atoms with Gasteiger partial charge in [-0.1, -0.05) is 22.9 Å². The van der Waals surface area contributed by atoms with Crippen LogP contribution >= 0.6 is 11.3 Å². The summed E-state index contributed by atoms with van der Waals surface area (Å²) in [5.74, 6) is 0.443. The zero-order valence-corrected chi connectivity index (χ0v) is 17.1. The van der Waals surface area contributed by atoms with Gasteiger partial charge in [0.1, 0.15) is 5.76 Å². The third kappa shape index (κ3) is 3.43. The predicted molar refractivity (Wildman–Crippen MR) is 108 cm³/mol. The van der Waals surface area contributed by atoms with Crippen molar-refractivity contribution in [2.24, 2.45) is 0 Å². The maximum absolute atomic E-state index is 13.2. The molecule has 4 rings (SSSR count). The summed E-state index contributed by atoms with van der Waals surface area (Å²) in [5.41, 5.74) is 2.85. The second-order valence-electron chi connectivity index (χ2n) is 6.74. The fourth-order valence-corrected chi connectivity index (χ4v) is 5.94. The van der Waals surface area contributed by atoms with Gasteiger partial charge in [0.25, 0.3) is 15.9 Å². The lowest BCUT2D eigenvalue weighted by molar-refractivity contribution is 0.102. The molecule has 1 aliphatic rings. The van der Waals surface area contributed by atoms with Crippen LogP contribution < -0.4 is 9.62 Å². The Labute approximate surface area is 167 Å². The second-order valence-corrected chi connectivity index (χ2v) is 9.51. The fraction of sp³-hybridized carbons (Fsp3) is 0.263. The van der Waals surface area contributed by atoms with Crippen LogP contribution in [0.1, 0.15) is 33.0 Å². The summed E-state index contributed by atoms with van der Waals surface area (Å²) in [7, 11) is -3.74. The molecule has 28 heavy (non-hydrogen) atoms. The average molecular weight is 418 g/mol. The minimum Gasteiger partial charge on any atom is -0.360 e. The van der Waals surface area contributed by atoms with Gasteiger partial charge >= 0.3 is 0 Å². The van der Waals surface area contributed by atoms with Crippen molar-refractivity contribution >= 4 is 38.8 Å². The van der Waals surface area contributed by atoms with E-state index in [1.54, 1.807) is 13.0 Å². The highest BCUT2D eigenvalue weighted by atomic mass is 32.2. The quantitative estimate of drug-likeness (QED) is 0.698. The summed E-state index contributed by atoms with van der Waals surface area (Å²) >= 11 is 1.08. The molecule has 3 aromatic rings. The highest BCUT2D eigenvalue weighted by molar-refractivity contribution is 7.93. The van der Waals surface area contributed by atoms with Crippen LogP contribution in [0, 0.1) is 13.8 Å². The monoisotopic (exact) mass is 417 g/mol. The van der Waals surface area contributed by atoms with Gasteiger partial charge in [-0.2, -0.15) is 0 Å². The van der Waals surface area contributed by atoms with Crippen LogP contribution in [0.5, 0.6) is 0 Å². The molecule has 0 fully saturated rings. The number of fused-ring (bicyclic) bond motifs is 1. The topological polar surface area (TPSA) is 92.5 Å². The van der Waals surface area contributed by atoms with Crippen molar-refractivity contribution in [3.63, 3.8) is 0 Å². The third-order valence-corrected chi connectivity index (χ3v) is 7.44. The number of rotatable bonds is 4. The maximum Gasteiger partial charge on any atom is 0.267 e. The molecular formula is C19H19N3O4S2. The fourth-order valence-electron chi connectivity index (χ4n) is 3.24. The number of carbonyl (C=O) groups excluding carboxylic acids is 1. The molecule has 7 nitrogen and oxygen atoms in total. The number of amides is 1. The molecular weight excluding hydrogens is 398 g/mol. The van der Waals surface area contributed by atoms with Gasteiger partial charge < -0.3 is 9.84 Å². The minimum absolute atomic E-state index is 0.118. The third-order valence-electron chi connectivity index (χ3n) is 4.57. The number of aromatic nitrogens is 1. The van der Waals surface area contributed by atoms with Gasteiger partial charge in [-0.15, -0.1) is 11.3 Å². The van der Waals surface area contributed by atoms with Crippen LogP contribution in [-0.2, 0) is 16.4 Å². The molecule has 1 amide bonds. The van der Waals surface area contributed by atoms with Crippen molar-refractivity contribution in [1.29, 1.82) is 0 Å². The van der Waals surface area contributed by atoms with E-state index in [1.165, 1.54) is 15.8 Å². The number of sulfonamides is 1. The number of hydrogen-bond donors (Lipinski definition) is 1. The number of aryl methyl sites for hydroxylation is 3. The number of anilines is 2. The van der Waals surface area contributed by atoms with Crippen LogP contribution in [0.3, 0.4) is 0 Å². The zero-order chi connectivity index (χ0) is 19.9. The molecule has 9 heteroatoms.